The van der Waals surface area contributed by atoms with Crippen molar-refractivity contribution >= 4 is 0 Å². The molecule has 1 aromatic rings. The molecule has 0 fully saturated rings. The number of phenolic OH excluding ortho intramolecular Hbond substituents is 1. The Bertz CT molecular complexity index is 274. The molecule has 0 spiro atoms. The van der Waals surface area contributed by atoms with Crippen LogP contribution in [0, 0.1) is 5.82 Å². The molecule has 0 unspecified atom stereocenters. The van der Waals surface area contributed by atoms with Crippen LogP contribution in [0.25, 0.3) is 0 Å². The van der Waals surface area contributed by atoms with Gasteiger partial charge in [0.15, 0.2) is 0 Å². The third-order valence-corrected chi connectivity index (χ3v) is 1.64. The summed E-state index contributed by atoms with van der Waals surface area (Å²) in [5.74, 6) is -0.273. The van der Waals surface area contributed by atoms with Crippen molar-refractivity contribution in [2.24, 2.45) is 0 Å². The summed E-state index contributed by atoms with van der Waals surface area (Å²) < 4.78 is 18.2. The van der Waals surface area contributed by atoms with E-state index >= 15 is 0 Å². The molecular formula is C10H13FO2. The van der Waals surface area contributed by atoms with Crippen LogP contribution in [0.1, 0.15) is 18.9 Å². The van der Waals surface area contributed by atoms with Crippen molar-refractivity contribution in [2.75, 3.05) is 6.61 Å². The van der Waals surface area contributed by atoms with Gasteiger partial charge in [0.2, 0.25) is 0 Å². The van der Waals surface area contributed by atoms with Gasteiger partial charge in [0.05, 0.1) is 6.61 Å². The summed E-state index contributed by atoms with van der Waals surface area (Å²) in [4.78, 5) is 0. The Hall–Kier alpha value is -1.09. The summed E-state index contributed by atoms with van der Waals surface area (Å²) >= 11 is 0. The third-order valence-electron chi connectivity index (χ3n) is 1.64. The SMILES string of the molecule is CCCOCc1cc(O)ccc1F. The minimum atomic E-state index is -0.339. The Balaban J connectivity index is 2.59. The minimum absolute atomic E-state index is 0.0662. The fourth-order valence-corrected chi connectivity index (χ4v) is 0.998. The van der Waals surface area contributed by atoms with Crippen LogP contribution >= 0.6 is 0 Å². The van der Waals surface area contributed by atoms with Crippen LogP contribution < -0.4 is 0 Å². The predicted octanol–water partition coefficient (Wildman–Crippen LogP) is 2.46. The number of hydrogen-bond donors (Lipinski definition) is 1. The van der Waals surface area contributed by atoms with E-state index < -0.39 is 0 Å². The molecule has 0 aliphatic heterocycles. The molecule has 72 valence electrons. The maximum atomic E-state index is 13.0. The van der Waals surface area contributed by atoms with Gasteiger partial charge in [-0.05, 0) is 24.6 Å². The number of halogens is 1. The fraction of sp³-hybridized carbons (Fsp3) is 0.400. The van der Waals surface area contributed by atoms with Crippen LogP contribution in [-0.2, 0) is 11.3 Å². The molecular weight excluding hydrogens is 171 g/mol. The lowest BCUT2D eigenvalue weighted by molar-refractivity contribution is 0.119. The predicted molar refractivity (Wildman–Crippen MR) is 48.0 cm³/mol. The van der Waals surface area contributed by atoms with E-state index in [0.717, 1.165) is 6.42 Å². The Morgan fingerprint density at radius 1 is 1.46 bits per heavy atom. The molecule has 1 aromatic carbocycles. The molecule has 2 nitrogen and oxygen atoms in total. The van der Waals surface area contributed by atoms with Gasteiger partial charge >= 0.3 is 0 Å². The summed E-state index contributed by atoms with van der Waals surface area (Å²) in [6, 6.07) is 3.93. The van der Waals surface area contributed by atoms with Gasteiger partial charge in [-0.1, -0.05) is 6.92 Å². The number of benzene rings is 1. The van der Waals surface area contributed by atoms with Crippen molar-refractivity contribution in [3.63, 3.8) is 0 Å². The van der Waals surface area contributed by atoms with Crippen LogP contribution in [0.4, 0.5) is 4.39 Å². The summed E-state index contributed by atoms with van der Waals surface area (Å²) in [5.41, 5.74) is 0.397. The molecule has 0 heterocycles. The van der Waals surface area contributed by atoms with Gasteiger partial charge in [-0.2, -0.15) is 0 Å². The highest BCUT2D eigenvalue weighted by atomic mass is 19.1. The zero-order valence-corrected chi connectivity index (χ0v) is 7.59. The number of rotatable bonds is 4. The second kappa shape index (κ2) is 4.82. The lowest BCUT2D eigenvalue weighted by Gasteiger charge is -2.04. The van der Waals surface area contributed by atoms with E-state index in [1.165, 1.54) is 18.2 Å². The monoisotopic (exact) mass is 184 g/mol. The molecule has 0 radical (unpaired) electrons. The van der Waals surface area contributed by atoms with Crippen molar-refractivity contribution in [3.8, 4) is 5.75 Å². The lowest BCUT2D eigenvalue weighted by atomic mass is 10.2. The van der Waals surface area contributed by atoms with E-state index in [-0.39, 0.29) is 18.2 Å². The first kappa shape index (κ1) is 9.99. The first-order valence-electron chi connectivity index (χ1n) is 4.29. The normalized spacial score (nSPS) is 10.3. The molecule has 1 N–H and O–H groups in total. The third kappa shape index (κ3) is 3.03. The number of ether oxygens (including phenoxy) is 1. The molecule has 0 saturated carbocycles. The van der Waals surface area contributed by atoms with Gasteiger partial charge in [-0.25, -0.2) is 4.39 Å². The van der Waals surface area contributed by atoms with E-state index in [0.29, 0.717) is 12.2 Å². The smallest absolute Gasteiger partial charge is 0.128 e. The molecule has 0 aliphatic carbocycles. The molecule has 0 saturated heterocycles. The fourth-order valence-electron chi connectivity index (χ4n) is 0.998. The molecule has 0 amide bonds. The van der Waals surface area contributed by atoms with Crippen molar-refractivity contribution in [1.29, 1.82) is 0 Å². The van der Waals surface area contributed by atoms with Gasteiger partial charge in [0.25, 0.3) is 0 Å². The summed E-state index contributed by atoms with van der Waals surface area (Å²) in [6.45, 7) is 2.81. The van der Waals surface area contributed by atoms with Crippen LogP contribution in [0.5, 0.6) is 5.75 Å². The Morgan fingerprint density at radius 2 is 2.23 bits per heavy atom. The molecule has 3 heteroatoms. The summed E-state index contributed by atoms with van der Waals surface area (Å²) in [7, 11) is 0. The largest absolute Gasteiger partial charge is 0.508 e. The lowest BCUT2D eigenvalue weighted by Crippen LogP contribution is -1.96. The number of phenols is 1. The molecule has 0 aliphatic rings. The Labute approximate surface area is 77.0 Å². The second-order valence-corrected chi connectivity index (χ2v) is 2.83. The Kier molecular flexibility index (Phi) is 3.71. The Morgan fingerprint density at radius 3 is 2.92 bits per heavy atom. The second-order valence-electron chi connectivity index (χ2n) is 2.83. The maximum Gasteiger partial charge on any atom is 0.128 e. The van der Waals surface area contributed by atoms with E-state index in [1.54, 1.807) is 0 Å². The van der Waals surface area contributed by atoms with Gasteiger partial charge in [0.1, 0.15) is 11.6 Å². The number of hydrogen-bond acceptors (Lipinski definition) is 2. The van der Waals surface area contributed by atoms with Crippen molar-refractivity contribution < 1.29 is 14.2 Å². The minimum Gasteiger partial charge on any atom is -0.508 e. The average molecular weight is 184 g/mol. The summed E-state index contributed by atoms with van der Waals surface area (Å²) in [5, 5.41) is 9.07. The highest BCUT2D eigenvalue weighted by molar-refractivity contribution is 5.28. The van der Waals surface area contributed by atoms with Crippen LogP contribution in [0.2, 0.25) is 0 Å². The van der Waals surface area contributed by atoms with Crippen LogP contribution in [0.15, 0.2) is 18.2 Å². The van der Waals surface area contributed by atoms with Gasteiger partial charge in [-0.15, -0.1) is 0 Å². The van der Waals surface area contributed by atoms with Crippen LogP contribution in [-0.4, -0.2) is 11.7 Å². The summed E-state index contributed by atoms with van der Waals surface area (Å²) in [6.07, 6.45) is 0.903. The first-order chi connectivity index (χ1) is 6.24. The van der Waals surface area contributed by atoms with E-state index in [4.69, 9.17) is 9.84 Å². The van der Waals surface area contributed by atoms with Crippen molar-refractivity contribution in [1.82, 2.24) is 0 Å². The highest BCUT2D eigenvalue weighted by Gasteiger charge is 2.02. The first-order valence-corrected chi connectivity index (χ1v) is 4.29. The standard InChI is InChI=1S/C10H13FO2/c1-2-5-13-7-8-6-9(12)3-4-10(8)11/h3-4,6,12H,2,5,7H2,1H3. The van der Waals surface area contributed by atoms with Gasteiger partial charge in [-0.3, -0.25) is 0 Å². The average Bonchev–Trinajstić information content (AvgIpc) is 2.11. The molecule has 13 heavy (non-hydrogen) atoms. The van der Waals surface area contributed by atoms with Gasteiger partial charge in [0, 0.05) is 12.2 Å². The topological polar surface area (TPSA) is 29.5 Å². The van der Waals surface area contributed by atoms with Crippen molar-refractivity contribution in [2.45, 2.75) is 20.0 Å². The van der Waals surface area contributed by atoms with E-state index in [2.05, 4.69) is 0 Å². The van der Waals surface area contributed by atoms with Gasteiger partial charge < -0.3 is 9.84 Å². The molecule has 0 atom stereocenters. The molecule has 1 rings (SSSR count). The highest BCUT2D eigenvalue weighted by Crippen LogP contribution is 2.15. The zero-order chi connectivity index (χ0) is 9.68. The zero-order valence-electron chi connectivity index (χ0n) is 7.59. The maximum absolute atomic E-state index is 13.0. The number of aromatic hydroxyl groups is 1. The quantitative estimate of drug-likeness (QED) is 0.728. The van der Waals surface area contributed by atoms with E-state index in [1.807, 2.05) is 6.92 Å². The molecule has 0 aromatic heterocycles. The molecule has 0 bridgehead atoms. The van der Waals surface area contributed by atoms with Crippen LogP contribution in [0.3, 0.4) is 0 Å². The van der Waals surface area contributed by atoms with Crippen molar-refractivity contribution in [3.05, 3.63) is 29.6 Å². The van der Waals surface area contributed by atoms with E-state index in [9.17, 15) is 4.39 Å².